The molecular formula is C55H56ClNO4. The minimum Gasteiger partial charge on any atom is -0.449 e. The number of halogens is 1. The van der Waals surface area contributed by atoms with E-state index in [1.165, 1.54) is 6.42 Å². The summed E-state index contributed by atoms with van der Waals surface area (Å²) in [4.78, 5) is 28.8. The molecule has 1 unspecified atom stereocenters. The Morgan fingerprint density at radius 3 is 1.84 bits per heavy atom. The predicted molar refractivity (Wildman–Crippen MR) is 251 cm³/mol. The average molecular weight is 831 g/mol. The molecule has 61 heavy (non-hydrogen) atoms. The van der Waals surface area contributed by atoms with Gasteiger partial charge >= 0.3 is 12.1 Å². The highest BCUT2D eigenvalue weighted by molar-refractivity contribution is 6.31. The normalized spacial score (nSPS) is 13.0. The van der Waals surface area contributed by atoms with Gasteiger partial charge in [-0.1, -0.05) is 222 Å². The molecule has 0 radical (unpaired) electrons. The van der Waals surface area contributed by atoms with E-state index < -0.39 is 23.7 Å². The Morgan fingerprint density at radius 1 is 0.672 bits per heavy atom. The van der Waals surface area contributed by atoms with E-state index in [1.807, 2.05) is 160 Å². The smallest absolute Gasteiger partial charge is 0.407 e. The summed E-state index contributed by atoms with van der Waals surface area (Å²) in [7, 11) is 0. The Kier molecular flexibility index (Phi) is 15.2. The summed E-state index contributed by atoms with van der Waals surface area (Å²) in [6, 6.07) is 54.2. The molecule has 7 aromatic rings. The van der Waals surface area contributed by atoms with E-state index >= 15 is 0 Å². The van der Waals surface area contributed by atoms with Crippen LogP contribution in [0, 0.1) is 12.8 Å². The zero-order chi connectivity index (χ0) is 43.4. The van der Waals surface area contributed by atoms with Crippen LogP contribution in [0.4, 0.5) is 4.79 Å². The highest BCUT2D eigenvalue weighted by Gasteiger charge is 2.44. The van der Waals surface area contributed by atoms with Crippen molar-refractivity contribution in [3.8, 4) is 11.1 Å². The van der Waals surface area contributed by atoms with Gasteiger partial charge in [-0.15, -0.1) is 0 Å². The number of ether oxygens (including phenoxy) is 2. The summed E-state index contributed by atoms with van der Waals surface area (Å²) in [5.74, 6) is 0.109. The van der Waals surface area contributed by atoms with E-state index in [2.05, 4.69) is 50.4 Å². The molecule has 7 aromatic carbocycles. The van der Waals surface area contributed by atoms with E-state index in [1.54, 1.807) is 6.07 Å². The highest BCUT2D eigenvalue weighted by Crippen LogP contribution is 2.45. The van der Waals surface area contributed by atoms with Gasteiger partial charge in [-0.25, -0.2) is 9.59 Å². The van der Waals surface area contributed by atoms with Crippen molar-refractivity contribution in [3.63, 3.8) is 0 Å². The number of amides is 1. The van der Waals surface area contributed by atoms with Gasteiger partial charge < -0.3 is 14.8 Å². The lowest BCUT2D eigenvalue weighted by Gasteiger charge is -2.37. The molecule has 8 rings (SSSR count). The molecule has 6 heteroatoms. The molecule has 1 N–H and O–H groups in total. The number of rotatable bonds is 11. The average Bonchev–Trinajstić information content (AvgIpc) is 3.62. The number of alkyl carbamates (subject to hydrolysis) is 1. The molecule has 1 amide bonds. The highest BCUT2D eigenvalue weighted by atomic mass is 35.5. The topological polar surface area (TPSA) is 64.6 Å². The minimum absolute atomic E-state index is 0.106. The van der Waals surface area contributed by atoms with Gasteiger partial charge in [0.1, 0.15) is 12.6 Å². The molecule has 0 heterocycles. The maximum atomic E-state index is 14.9. The van der Waals surface area contributed by atoms with Crippen LogP contribution in [0.1, 0.15) is 85.9 Å². The van der Waals surface area contributed by atoms with Gasteiger partial charge in [0, 0.05) is 34.1 Å². The van der Waals surface area contributed by atoms with E-state index in [9.17, 15) is 9.59 Å². The molecular weight excluding hydrogens is 774 g/mol. The number of esters is 1. The first-order valence-corrected chi connectivity index (χ1v) is 21.8. The van der Waals surface area contributed by atoms with Crippen LogP contribution in [-0.4, -0.2) is 24.7 Å². The lowest BCUT2D eigenvalue weighted by molar-refractivity contribution is -0.156. The predicted octanol–water partition coefficient (Wildman–Crippen LogP) is 13.9. The van der Waals surface area contributed by atoms with Crippen LogP contribution in [-0.2, 0) is 26.3 Å². The van der Waals surface area contributed by atoms with E-state index in [-0.39, 0.29) is 18.9 Å². The Hall–Kier alpha value is -6.17. The standard InChI is InChI=1S/C48H38ClNO4.C5H12.C2H6/c1-32-23-27-37(28-24-32)48(36-15-3-2-4-16-36,43-21-11-12-22-44(43)49)54-46(51)45(30-33-25-26-34-13-5-6-14-35(34)29-33)50-47(52)53-31-42-40-19-9-7-17-38(40)39-18-8-10-20-41(39)42;1-4-5(2)3;1-2/h2-29,42,45H,30-31H2,1H3,(H,50,52);5H,4H2,1-3H3;1-2H3/t45-,48?;;/m0../s1. The van der Waals surface area contributed by atoms with E-state index in [0.717, 1.165) is 50.1 Å². The third-order valence-electron chi connectivity index (χ3n) is 11.1. The van der Waals surface area contributed by atoms with E-state index in [4.69, 9.17) is 21.1 Å². The first kappa shape index (κ1) is 44.4. The van der Waals surface area contributed by atoms with Crippen molar-refractivity contribution in [2.24, 2.45) is 5.92 Å². The maximum Gasteiger partial charge on any atom is 0.407 e. The number of carbonyl (C=O) groups excluding carboxylic acids is 2. The van der Waals surface area contributed by atoms with Gasteiger partial charge in [0.2, 0.25) is 0 Å². The summed E-state index contributed by atoms with van der Waals surface area (Å²) < 4.78 is 12.8. The monoisotopic (exact) mass is 829 g/mol. The third-order valence-corrected chi connectivity index (χ3v) is 11.5. The number of aryl methyl sites for hydroxylation is 1. The quantitative estimate of drug-likeness (QED) is 0.104. The molecule has 312 valence electrons. The van der Waals surface area contributed by atoms with Crippen molar-refractivity contribution >= 4 is 34.4 Å². The van der Waals surface area contributed by atoms with Crippen LogP contribution >= 0.6 is 11.6 Å². The van der Waals surface area contributed by atoms with Gasteiger partial charge in [-0.05, 0) is 57.5 Å². The van der Waals surface area contributed by atoms with Gasteiger partial charge in [0.15, 0.2) is 5.60 Å². The molecule has 0 saturated heterocycles. The van der Waals surface area contributed by atoms with Crippen LogP contribution < -0.4 is 5.32 Å². The Labute approximate surface area is 366 Å². The Bertz CT molecular complexity index is 2490. The fourth-order valence-corrected chi connectivity index (χ4v) is 7.93. The summed E-state index contributed by atoms with van der Waals surface area (Å²) >= 11 is 6.97. The lowest BCUT2D eigenvalue weighted by Crippen LogP contribution is -2.47. The van der Waals surface area contributed by atoms with Gasteiger partial charge in [0.05, 0.1) is 0 Å². The molecule has 0 fully saturated rings. The second kappa shape index (κ2) is 20.9. The second-order valence-electron chi connectivity index (χ2n) is 15.5. The molecule has 1 aliphatic rings. The molecule has 0 saturated carbocycles. The van der Waals surface area contributed by atoms with Crippen LogP contribution in [0.2, 0.25) is 5.02 Å². The van der Waals surface area contributed by atoms with Crippen molar-refractivity contribution < 1.29 is 19.1 Å². The van der Waals surface area contributed by atoms with Crippen molar-refractivity contribution in [3.05, 3.63) is 214 Å². The molecule has 0 bridgehead atoms. The molecule has 0 aliphatic heterocycles. The van der Waals surface area contributed by atoms with E-state index in [0.29, 0.717) is 21.7 Å². The Balaban J connectivity index is 0.000000830. The molecule has 0 aromatic heterocycles. The third kappa shape index (κ3) is 10.2. The molecule has 5 nitrogen and oxygen atoms in total. The fourth-order valence-electron chi connectivity index (χ4n) is 7.66. The van der Waals surface area contributed by atoms with Crippen LogP contribution in [0.3, 0.4) is 0 Å². The number of fused-ring (bicyclic) bond motifs is 4. The summed E-state index contributed by atoms with van der Waals surface area (Å²) in [5.41, 5.74) is 6.95. The fraction of sp³-hybridized carbons (Fsp3) is 0.236. The number of carbonyl (C=O) groups is 2. The number of nitrogens with one attached hydrogen (secondary N) is 1. The molecule has 2 atom stereocenters. The number of benzene rings is 7. The number of hydrogen-bond acceptors (Lipinski definition) is 4. The van der Waals surface area contributed by atoms with Crippen LogP contribution in [0.5, 0.6) is 0 Å². The van der Waals surface area contributed by atoms with Crippen LogP contribution in [0.25, 0.3) is 21.9 Å². The zero-order valence-electron chi connectivity index (χ0n) is 36.0. The maximum absolute atomic E-state index is 14.9. The van der Waals surface area contributed by atoms with Crippen molar-refractivity contribution in [2.75, 3.05) is 6.61 Å². The summed E-state index contributed by atoms with van der Waals surface area (Å²) in [6.45, 7) is 12.8. The largest absolute Gasteiger partial charge is 0.449 e. The second-order valence-corrected chi connectivity index (χ2v) is 15.9. The van der Waals surface area contributed by atoms with Gasteiger partial charge in [0.25, 0.3) is 0 Å². The SMILES string of the molecule is CC.CCC(C)C.Cc1ccc(C(OC(=O)[C@H](Cc2ccc3ccccc3c2)NC(=O)OCC2c3ccccc3-c3ccccc32)(c2ccccc2)c2ccccc2Cl)cc1. The molecule has 1 aliphatic carbocycles. The first-order chi connectivity index (χ1) is 29.7. The molecule has 0 spiro atoms. The van der Waals surface area contributed by atoms with Gasteiger partial charge in [-0.3, -0.25) is 0 Å². The summed E-state index contributed by atoms with van der Waals surface area (Å²) in [6.07, 6.45) is 0.757. The van der Waals surface area contributed by atoms with Crippen molar-refractivity contribution in [1.82, 2.24) is 5.32 Å². The van der Waals surface area contributed by atoms with Crippen molar-refractivity contribution in [1.29, 1.82) is 0 Å². The van der Waals surface area contributed by atoms with Gasteiger partial charge in [-0.2, -0.15) is 0 Å². The number of hydrogen-bond donors (Lipinski definition) is 1. The van der Waals surface area contributed by atoms with Crippen molar-refractivity contribution in [2.45, 2.75) is 71.9 Å². The Morgan fingerprint density at radius 2 is 1.21 bits per heavy atom. The minimum atomic E-state index is -1.45. The first-order valence-electron chi connectivity index (χ1n) is 21.4. The van der Waals surface area contributed by atoms with Crippen LogP contribution in [0.15, 0.2) is 170 Å². The zero-order valence-corrected chi connectivity index (χ0v) is 36.8. The summed E-state index contributed by atoms with van der Waals surface area (Å²) in [5, 5.41) is 5.45. The lowest BCUT2D eigenvalue weighted by atomic mass is 9.79.